The molecule has 7 nitrogen and oxygen atoms in total. The number of hydrogen-bond acceptors (Lipinski definition) is 5. The van der Waals surface area contributed by atoms with Crippen molar-refractivity contribution in [3.63, 3.8) is 0 Å². The van der Waals surface area contributed by atoms with Gasteiger partial charge in [-0.3, -0.25) is 14.4 Å². The van der Waals surface area contributed by atoms with Crippen LogP contribution in [0.1, 0.15) is 29.8 Å². The number of nitrogens with one attached hydrogen (secondary N) is 1. The van der Waals surface area contributed by atoms with E-state index in [0.29, 0.717) is 24.5 Å². The minimum Gasteiger partial charge on any atom is -0.494 e. The molecule has 0 spiro atoms. The maximum Gasteiger partial charge on any atom is 0.326 e. The molecule has 1 aliphatic heterocycles. The zero-order valence-electron chi connectivity index (χ0n) is 16.5. The van der Waals surface area contributed by atoms with Crippen molar-refractivity contribution in [3.05, 3.63) is 59.7 Å². The van der Waals surface area contributed by atoms with Crippen molar-refractivity contribution in [1.29, 1.82) is 0 Å². The van der Waals surface area contributed by atoms with E-state index in [0.717, 1.165) is 17.7 Å². The summed E-state index contributed by atoms with van der Waals surface area (Å²) in [6.45, 7) is 4.20. The Morgan fingerprint density at radius 3 is 2.55 bits per heavy atom. The lowest BCUT2D eigenvalue weighted by atomic mass is 10.2. The van der Waals surface area contributed by atoms with Gasteiger partial charge in [0.05, 0.1) is 6.61 Å². The Kier molecular flexibility index (Phi) is 6.49. The molecule has 1 atom stereocenters. The van der Waals surface area contributed by atoms with Crippen molar-refractivity contribution in [2.45, 2.75) is 26.4 Å². The Hall–Kier alpha value is -3.35. The zero-order valence-corrected chi connectivity index (χ0v) is 16.5. The molecule has 0 unspecified atom stereocenters. The monoisotopic (exact) mass is 396 g/mol. The van der Waals surface area contributed by atoms with Gasteiger partial charge in [0.2, 0.25) is 0 Å². The number of esters is 1. The fraction of sp³-hybridized carbons (Fsp3) is 0.318. The van der Waals surface area contributed by atoms with Crippen LogP contribution in [0.15, 0.2) is 48.5 Å². The van der Waals surface area contributed by atoms with Gasteiger partial charge in [-0.15, -0.1) is 0 Å². The van der Waals surface area contributed by atoms with Crippen LogP contribution in [-0.2, 0) is 20.7 Å². The van der Waals surface area contributed by atoms with Gasteiger partial charge in [0, 0.05) is 17.8 Å². The number of benzene rings is 2. The van der Waals surface area contributed by atoms with Gasteiger partial charge in [-0.05, 0) is 56.2 Å². The molecule has 1 aliphatic rings. The van der Waals surface area contributed by atoms with E-state index in [1.54, 1.807) is 29.2 Å². The first-order valence-corrected chi connectivity index (χ1v) is 9.59. The minimum absolute atomic E-state index is 0.277. The summed E-state index contributed by atoms with van der Waals surface area (Å²) in [4.78, 5) is 38.5. The predicted octanol–water partition coefficient (Wildman–Crippen LogP) is 2.34. The molecule has 0 fully saturated rings. The number of hydrogen-bond donors (Lipinski definition) is 1. The van der Waals surface area contributed by atoms with Crippen LogP contribution < -0.4 is 15.0 Å². The van der Waals surface area contributed by atoms with E-state index in [1.807, 2.05) is 31.2 Å². The second kappa shape index (κ2) is 9.23. The van der Waals surface area contributed by atoms with Crippen LogP contribution in [0.2, 0.25) is 0 Å². The van der Waals surface area contributed by atoms with E-state index >= 15 is 0 Å². The average molecular weight is 396 g/mol. The maximum atomic E-state index is 12.6. The Morgan fingerprint density at radius 2 is 1.83 bits per heavy atom. The van der Waals surface area contributed by atoms with Crippen molar-refractivity contribution in [1.82, 2.24) is 5.32 Å². The Morgan fingerprint density at radius 1 is 1.10 bits per heavy atom. The molecule has 0 saturated heterocycles. The molecular weight excluding hydrogens is 372 g/mol. The first kappa shape index (κ1) is 20.4. The van der Waals surface area contributed by atoms with E-state index in [9.17, 15) is 14.4 Å². The second-order valence-electron chi connectivity index (χ2n) is 6.64. The highest BCUT2D eigenvalue weighted by atomic mass is 16.5. The average Bonchev–Trinajstić information content (AvgIpc) is 3.16. The highest BCUT2D eigenvalue weighted by Crippen LogP contribution is 2.28. The summed E-state index contributed by atoms with van der Waals surface area (Å²) in [5, 5.41) is 2.50. The zero-order chi connectivity index (χ0) is 20.8. The molecule has 1 N–H and O–H groups in total. The Bertz CT molecular complexity index is 894. The molecular formula is C22H24N2O5. The molecule has 2 aromatic carbocycles. The number of anilines is 1. The molecule has 29 heavy (non-hydrogen) atoms. The first-order chi connectivity index (χ1) is 14.0. The number of rotatable bonds is 7. The minimum atomic E-state index is -0.934. The highest BCUT2D eigenvalue weighted by molar-refractivity contribution is 5.99. The second-order valence-corrected chi connectivity index (χ2v) is 6.64. The van der Waals surface area contributed by atoms with Gasteiger partial charge in [-0.2, -0.15) is 0 Å². The van der Waals surface area contributed by atoms with E-state index < -0.39 is 18.0 Å². The van der Waals surface area contributed by atoms with Gasteiger partial charge in [-0.25, -0.2) is 0 Å². The van der Waals surface area contributed by atoms with E-state index in [4.69, 9.17) is 9.47 Å². The highest BCUT2D eigenvalue weighted by Gasteiger charge is 2.29. The molecule has 152 valence electrons. The lowest BCUT2D eigenvalue weighted by molar-refractivity contribution is -0.152. The van der Waals surface area contributed by atoms with Gasteiger partial charge in [-0.1, -0.05) is 18.2 Å². The van der Waals surface area contributed by atoms with Gasteiger partial charge in [0.25, 0.3) is 11.8 Å². The van der Waals surface area contributed by atoms with E-state index in [-0.39, 0.29) is 12.5 Å². The summed E-state index contributed by atoms with van der Waals surface area (Å²) in [7, 11) is 0. The quantitative estimate of drug-likeness (QED) is 0.726. The van der Waals surface area contributed by atoms with Gasteiger partial charge >= 0.3 is 5.97 Å². The number of amides is 2. The number of nitrogens with zero attached hydrogens (tertiary/aromatic N) is 1. The molecule has 1 heterocycles. The Balaban J connectivity index is 1.49. The SMILES string of the molecule is CCOc1ccc(C(=O)NCC(=O)O[C@H](C)C(=O)N2CCc3ccccc32)cc1. The summed E-state index contributed by atoms with van der Waals surface area (Å²) in [6, 6.07) is 14.3. The topological polar surface area (TPSA) is 84.9 Å². The Labute approximate surface area is 169 Å². The number of carbonyl (C=O) groups is 3. The summed E-state index contributed by atoms with van der Waals surface area (Å²) in [5.74, 6) is -0.685. The van der Waals surface area contributed by atoms with E-state index in [1.165, 1.54) is 6.92 Å². The molecule has 3 rings (SSSR count). The third kappa shape index (κ3) is 4.93. The standard InChI is InChI=1S/C22H24N2O5/c1-3-28-18-10-8-17(9-11-18)21(26)23-14-20(25)29-15(2)22(27)24-13-12-16-6-4-5-7-19(16)24/h4-11,15H,3,12-14H2,1-2H3,(H,23,26)/t15-/m1/s1. The van der Waals surface area contributed by atoms with Gasteiger partial charge in [0.1, 0.15) is 12.3 Å². The number of ether oxygens (including phenoxy) is 2. The molecule has 0 aliphatic carbocycles. The van der Waals surface area contributed by atoms with Crippen LogP contribution in [0.4, 0.5) is 5.69 Å². The van der Waals surface area contributed by atoms with Crippen molar-refractivity contribution in [2.75, 3.05) is 24.6 Å². The molecule has 2 aromatic rings. The fourth-order valence-electron chi connectivity index (χ4n) is 3.20. The summed E-state index contributed by atoms with van der Waals surface area (Å²) < 4.78 is 10.5. The summed E-state index contributed by atoms with van der Waals surface area (Å²) >= 11 is 0. The van der Waals surface area contributed by atoms with Crippen LogP contribution in [0.5, 0.6) is 5.75 Å². The van der Waals surface area contributed by atoms with Crippen LogP contribution in [-0.4, -0.2) is 43.6 Å². The normalized spacial score (nSPS) is 13.4. The lowest BCUT2D eigenvalue weighted by Crippen LogP contribution is -2.41. The summed E-state index contributed by atoms with van der Waals surface area (Å²) in [6.07, 6.45) is -0.156. The first-order valence-electron chi connectivity index (χ1n) is 9.59. The van der Waals surface area contributed by atoms with Crippen LogP contribution >= 0.6 is 0 Å². The van der Waals surface area contributed by atoms with Gasteiger partial charge in [0.15, 0.2) is 6.10 Å². The number of para-hydroxylation sites is 1. The molecule has 0 bridgehead atoms. The van der Waals surface area contributed by atoms with Crippen LogP contribution in [0.25, 0.3) is 0 Å². The molecule has 7 heteroatoms. The smallest absolute Gasteiger partial charge is 0.326 e. The predicted molar refractivity (Wildman–Crippen MR) is 108 cm³/mol. The number of fused-ring (bicyclic) bond motifs is 1. The molecule has 2 amide bonds. The van der Waals surface area contributed by atoms with Crippen LogP contribution in [0.3, 0.4) is 0 Å². The van der Waals surface area contributed by atoms with Crippen molar-refractivity contribution in [2.24, 2.45) is 0 Å². The maximum absolute atomic E-state index is 12.6. The largest absolute Gasteiger partial charge is 0.494 e. The van der Waals surface area contributed by atoms with Crippen LogP contribution in [0, 0.1) is 0 Å². The molecule has 0 radical (unpaired) electrons. The third-order valence-corrected chi connectivity index (χ3v) is 4.63. The number of carbonyl (C=O) groups excluding carboxylic acids is 3. The van der Waals surface area contributed by atoms with E-state index in [2.05, 4.69) is 5.32 Å². The van der Waals surface area contributed by atoms with Crippen molar-refractivity contribution >= 4 is 23.5 Å². The molecule has 0 saturated carbocycles. The van der Waals surface area contributed by atoms with Crippen molar-refractivity contribution < 1.29 is 23.9 Å². The lowest BCUT2D eigenvalue weighted by Gasteiger charge is -2.21. The van der Waals surface area contributed by atoms with Crippen molar-refractivity contribution in [3.8, 4) is 5.75 Å². The van der Waals surface area contributed by atoms with Gasteiger partial charge < -0.3 is 19.7 Å². The summed E-state index contributed by atoms with van der Waals surface area (Å²) in [5.41, 5.74) is 2.35. The fourth-order valence-corrected chi connectivity index (χ4v) is 3.20. The molecule has 0 aromatic heterocycles. The third-order valence-electron chi connectivity index (χ3n) is 4.63.